The van der Waals surface area contributed by atoms with E-state index in [1.807, 2.05) is 23.9 Å². The lowest BCUT2D eigenvalue weighted by Gasteiger charge is -2.25. The molecule has 3 nitrogen and oxygen atoms in total. The third-order valence-electron chi connectivity index (χ3n) is 3.65. The monoisotopic (exact) mass is 278 g/mol. The second kappa shape index (κ2) is 6.96. The first-order valence-corrected chi connectivity index (χ1v) is 8.10. The van der Waals surface area contributed by atoms with Gasteiger partial charge in [-0.1, -0.05) is 31.2 Å². The van der Waals surface area contributed by atoms with Gasteiger partial charge in [-0.3, -0.25) is 4.79 Å². The summed E-state index contributed by atoms with van der Waals surface area (Å²) in [5.41, 5.74) is 2.60. The topological polar surface area (TPSA) is 41.1 Å². The van der Waals surface area contributed by atoms with E-state index >= 15 is 0 Å². The summed E-state index contributed by atoms with van der Waals surface area (Å²) in [5.74, 6) is 0.128. The fourth-order valence-electron chi connectivity index (χ4n) is 2.28. The highest BCUT2D eigenvalue weighted by molar-refractivity contribution is 7.99. The summed E-state index contributed by atoms with van der Waals surface area (Å²) in [4.78, 5) is 12.1. The maximum absolute atomic E-state index is 12.1. The van der Waals surface area contributed by atoms with Crippen molar-refractivity contribution < 1.29 is 4.79 Å². The average Bonchev–Trinajstić information content (AvgIpc) is 2.46. The van der Waals surface area contributed by atoms with Crippen LogP contribution < -0.4 is 10.6 Å². The van der Waals surface area contributed by atoms with E-state index in [2.05, 4.69) is 35.9 Å². The predicted molar refractivity (Wildman–Crippen MR) is 81.4 cm³/mol. The van der Waals surface area contributed by atoms with E-state index in [1.165, 1.54) is 11.1 Å². The predicted octanol–water partition coefficient (Wildman–Crippen LogP) is 1.96. The Bertz CT molecular complexity index is 436. The largest absolute Gasteiger partial charge is 0.355 e. The van der Waals surface area contributed by atoms with Crippen LogP contribution >= 0.6 is 11.8 Å². The molecule has 1 amide bonds. The lowest BCUT2D eigenvalue weighted by Crippen LogP contribution is -2.48. The van der Waals surface area contributed by atoms with Crippen LogP contribution in [0.5, 0.6) is 0 Å². The van der Waals surface area contributed by atoms with E-state index in [-0.39, 0.29) is 11.9 Å². The smallest absolute Gasteiger partial charge is 0.237 e. The second-order valence-electron chi connectivity index (χ2n) is 5.03. The Balaban J connectivity index is 1.82. The number of hydrogen-bond acceptors (Lipinski definition) is 3. The summed E-state index contributed by atoms with van der Waals surface area (Å²) in [6, 6.07) is 8.24. The summed E-state index contributed by atoms with van der Waals surface area (Å²) >= 11 is 1.84. The van der Waals surface area contributed by atoms with Gasteiger partial charge in [0.15, 0.2) is 0 Å². The molecular weight excluding hydrogens is 256 g/mol. The van der Waals surface area contributed by atoms with Crippen molar-refractivity contribution in [3.8, 4) is 0 Å². The van der Waals surface area contributed by atoms with E-state index in [4.69, 9.17) is 0 Å². The summed E-state index contributed by atoms with van der Waals surface area (Å²) in [7, 11) is 0. The molecule has 0 aromatic heterocycles. The molecule has 0 radical (unpaired) electrons. The first-order valence-electron chi connectivity index (χ1n) is 6.81. The van der Waals surface area contributed by atoms with Crippen molar-refractivity contribution in [1.29, 1.82) is 0 Å². The highest BCUT2D eigenvalue weighted by atomic mass is 32.2. The molecular formula is C15H22N2OS. The van der Waals surface area contributed by atoms with Gasteiger partial charge in [-0.2, -0.15) is 11.8 Å². The molecule has 104 valence electrons. The van der Waals surface area contributed by atoms with Crippen LogP contribution in [-0.4, -0.2) is 30.0 Å². The van der Waals surface area contributed by atoms with E-state index in [9.17, 15) is 4.79 Å². The minimum Gasteiger partial charge on any atom is -0.355 e. The molecule has 0 saturated heterocycles. The van der Waals surface area contributed by atoms with Gasteiger partial charge in [-0.05, 0) is 30.2 Å². The van der Waals surface area contributed by atoms with Gasteiger partial charge in [-0.25, -0.2) is 0 Å². The molecule has 0 bridgehead atoms. The number of carbonyl (C=O) groups excluding carboxylic acids is 1. The van der Waals surface area contributed by atoms with E-state index in [0.29, 0.717) is 5.25 Å². The highest BCUT2D eigenvalue weighted by Crippen LogP contribution is 2.16. The van der Waals surface area contributed by atoms with Crippen molar-refractivity contribution in [2.45, 2.75) is 37.6 Å². The molecule has 2 unspecified atom stereocenters. The molecule has 1 aliphatic rings. The van der Waals surface area contributed by atoms with Gasteiger partial charge in [0.05, 0.1) is 6.04 Å². The number of amides is 1. The molecule has 2 rings (SSSR count). The molecule has 0 saturated carbocycles. The Morgan fingerprint density at radius 1 is 1.47 bits per heavy atom. The van der Waals surface area contributed by atoms with Crippen LogP contribution in [0.15, 0.2) is 24.3 Å². The second-order valence-corrected chi connectivity index (χ2v) is 6.31. The lowest BCUT2D eigenvalue weighted by atomic mass is 9.95. The third-order valence-corrected chi connectivity index (χ3v) is 4.69. The minimum absolute atomic E-state index is 0.0838. The fraction of sp³-hybridized carbons (Fsp3) is 0.533. The zero-order valence-corrected chi connectivity index (χ0v) is 12.4. The van der Waals surface area contributed by atoms with Crippen molar-refractivity contribution in [2.24, 2.45) is 0 Å². The SMILES string of the molecule is CSC(C)CCNC(=O)C1Cc2ccccc2CN1. The summed E-state index contributed by atoms with van der Waals surface area (Å²) < 4.78 is 0. The zero-order valence-electron chi connectivity index (χ0n) is 11.6. The summed E-state index contributed by atoms with van der Waals surface area (Å²) in [6.45, 7) is 3.74. The Labute approximate surface area is 119 Å². The number of hydrogen-bond donors (Lipinski definition) is 2. The highest BCUT2D eigenvalue weighted by Gasteiger charge is 2.23. The number of nitrogens with one attached hydrogen (secondary N) is 2. The Morgan fingerprint density at radius 3 is 2.95 bits per heavy atom. The van der Waals surface area contributed by atoms with Crippen LogP contribution in [0.25, 0.3) is 0 Å². The van der Waals surface area contributed by atoms with Crippen LogP contribution in [0.3, 0.4) is 0 Å². The van der Waals surface area contributed by atoms with E-state index < -0.39 is 0 Å². The maximum atomic E-state index is 12.1. The molecule has 0 aliphatic carbocycles. The molecule has 4 heteroatoms. The number of fused-ring (bicyclic) bond motifs is 1. The molecule has 0 spiro atoms. The molecule has 1 aromatic carbocycles. The van der Waals surface area contributed by atoms with Crippen LogP contribution in [0, 0.1) is 0 Å². The van der Waals surface area contributed by atoms with Gasteiger partial charge in [0.2, 0.25) is 5.91 Å². The normalized spacial score (nSPS) is 19.6. The van der Waals surface area contributed by atoms with E-state index in [1.54, 1.807) is 0 Å². The maximum Gasteiger partial charge on any atom is 0.237 e. The molecule has 2 N–H and O–H groups in total. The minimum atomic E-state index is -0.0838. The number of rotatable bonds is 5. The fourth-order valence-corrected chi connectivity index (χ4v) is 2.63. The van der Waals surface area contributed by atoms with Gasteiger partial charge in [0, 0.05) is 18.3 Å². The zero-order chi connectivity index (χ0) is 13.7. The average molecular weight is 278 g/mol. The van der Waals surface area contributed by atoms with Crippen LogP contribution in [0.4, 0.5) is 0 Å². The van der Waals surface area contributed by atoms with Crippen LogP contribution in [0.2, 0.25) is 0 Å². The summed E-state index contributed by atoms with van der Waals surface area (Å²) in [5, 5.41) is 6.94. The molecule has 1 aliphatic heterocycles. The van der Waals surface area contributed by atoms with Gasteiger partial charge in [0.25, 0.3) is 0 Å². The van der Waals surface area contributed by atoms with Gasteiger partial charge in [0.1, 0.15) is 0 Å². The molecule has 1 aromatic rings. The first kappa shape index (κ1) is 14.4. The number of carbonyl (C=O) groups is 1. The molecule has 1 heterocycles. The Morgan fingerprint density at radius 2 is 2.21 bits per heavy atom. The quantitative estimate of drug-likeness (QED) is 0.865. The van der Waals surface area contributed by atoms with Gasteiger partial charge in [-0.15, -0.1) is 0 Å². The van der Waals surface area contributed by atoms with Crippen LogP contribution in [0.1, 0.15) is 24.5 Å². The Hall–Kier alpha value is -1.00. The molecule has 2 atom stereocenters. The third kappa shape index (κ3) is 3.98. The summed E-state index contributed by atoms with van der Waals surface area (Å²) in [6.07, 6.45) is 3.92. The van der Waals surface area contributed by atoms with Crippen LogP contribution in [-0.2, 0) is 17.8 Å². The lowest BCUT2D eigenvalue weighted by molar-refractivity contribution is -0.123. The van der Waals surface area contributed by atoms with E-state index in [0.717, 1.165) is 25.9 Å². The number of thioether (sulfide) groups is 1. The Kier molecular flexibility index (Phi) is 5.28. The molecule has 0 fully saturated rings. The standard InChI is InChI=1S/C15H22N2OS/c1-11(19-2)7-8-16-15(18)14-9-12-5-3-4-6-13(12)10-17-14/h3-6,11,14,17H,7-10H2,1-2H3,(H,16,18). The van der Waals surface area contributed by atoms with Crippen molar-refractivity contribution in [3.63, 3.8) is 0 Å². The van der Waals surface area contributed by atoms with Crippen molar-refractivity contribution >= 4 is 17.7 Å². The van der Waals surface area contributed by atoms with Gasteiger partial charge < -0.3 is 10.6 Å². The molecule has 19 heavy (non-hydrogen) atoms. The van der Waals surface area contributed by atoms with Crippen molar-refractivity contribution in [2.75, 3.05) is 12.8 Å². The van der Waals surface area contributed by atoms with Crippen molar-refractivity contribution in [1.82, 2.24) is 10.6 Å². The number of benzene rings is 1. The first-order chi connectivity index (χ1) is 9.20. The van der Waals surface area contributed by atoms with Crippen molar-refractivity contribution in [3.05, 3.63) is 35.4 Å². The van der Waals surface area contributed by atoms with Gasteiger partial charge >= 0.3 is 0 Å².